The van der Waals surface area contributed by atoms with Crippen LogP contribution >= 0.6 is 0 Å². The molecule has 0 radical (unpaired) electrons. The van der Waals surface area contributed by atoms with Crippen LogP contribution in [0.1, 0.15) is 41.0 Å². The third-order valence-corrected chi connectivity index (χ3v) is 4.35. The lowest BCUT2D eigenvalue weighted by molar-refractivity contribution is -0.155. The molecule has 0 aromatic heterocycles. The van der Waals surface area contributed by atoms with Gasteiger partial charge in [0.05, 0.1) is 5.92 Å². The Morgan fingerprint density at radius 2 is 1.94 bits per heavy atom. The summed E-state index contributed by atoms with van der Waals surface area (Å²) in [4.78, 5) is 25.2. The van der Waals surface area contributed by atoms with Crippen molar-refractivity contribution < 1.29 is 14.7 Å². The standard InChI is InChI=1S/C14H25NO3/c1-8(2)10(4)7-15-11(5)13(14(17)18)9(3)6-12(15)16/h8-11,13H,6-7H2,1-5H3,(H,17,18). The van der Waals surface area contributed by atoms with Gasteiger partial charge < -0.3 is 10.0 Å². The van der Waals surface area contributed by atoms with E-state index in [0.29, 0.717) is 24.8 Å². The molecule has 0 aromatic carbocycles. The summed E-state index contributed by atoms with van der Waals surface area (Å²) in [6.45, 7) is 10.7. The van der Waals surface area contributed by atoms with Gasteiger partial charge in [-0.25, -0.2) is 0 Å². The highest BCUT2D eigenvalue weighted by Gasteiger charge is 2.41. The zero-order valence-corrected chi connectivity index (χ0v) is 12.0. The molecule has 1 N–H and O–H groups in total. The average molecular weight is 255 g/mol. The van der Waals surface area contributed by atoms with Gasteiger partial charge in [-0.05, 0) is 24.7 Å². The first-order valence-corrected chi connectivity index (χ1v) is 6.78. The van der Waals surface area contributed by atoms with Crippen LogP contribution in [0.25, 0.3) is 0 Å². The highest BCUT2D eigenvalue weighted by molar-refractivity contribution is 5.81. The lowest BCUT2D eigenvalue weighted by Gasteiger charge is -2.42. The van der Waals surface area contributed by atoms with Gasteiger partial charge in [-0.3, -0.25) is 9.59 Å². The maximum atomic E-state index is 12.1. The Hall–Kier alpha value is -1.06. The first-order chi connectivity index (χ1) is 8.25. The third kappa shape index (κ3) is 3.03. The number of likely N-dealkylation sites (tertiary alicyclic amines) is 1. The van der Waals surface area contributed by atoms with Crippen LogP contribution in [0, 0.1) is 23.7 Å². The molecule has 1 fully saturated rings. The van der Waals surface area contributed by atoms with Crippen molar-refractivity contribution in [3.63, 3.8) is 0 Å². The van der Waals surface area contributed by atoms with Gasteiger partial charge in [-0.15, -0.1) is 0 Å². The van der Waals surface area contributed by atoms with E-state index in [4.69, 9.17) is 0 Å². The van der Waals surface area contributed by atoms with E-state index in [1.807, 2.05) is 13.8 Å². The van der Waals surface area contributed by atoms with Crippen LogP contribution in [-0.2, 0) is 9.59 Å². The van der Waals surface area contributed by atoms with Gasteiger partial charge in [0.15, 0.2) is 0 Å². The molecule has 1 heterocycles. The van der Waals surface area contributed by atoms with Crippen molar-refractivity contribution in [2.24, 2.45) is 23.7 Å². The van der Waals surface area contributed by atoms with E-state index < -0.39 is 11.9 Å². The third-order valence-electron chi connectivity index (χ3n) is 4.35. The number of nitrogens with zero attached hydrogens (tertiary/aromatic N) is 1. The summed E-state index contributed by atoms with van der Waals surface area (Å²) in [5, 5.41) is 9.29. The van der Waals surface area contributed by atoms with Gasteiger partial charge in [0.25, 0.3) is 0 Å². The summed E-state index contributed by atoms with van der Waals surface area (Å²) >= 11 is 0. The number of carbonyl (C=O) groups excluding carboxylic acids is 1. The Labute approximate surface area is 109 Å². The van der Waals surface area contributed by atoms with Gasteiger partial charge in [-0.1, -0.05) is 27.7 Å². The molecule has 1 amide bonds. The highest BCUT2D eigenvalue weighted by atomic mass is 16.4. The largest absolute Gasteiger partial charge is 0.481 e. The lowest BCUT2D eigenvalue weighted by Crippen LogP contribution is -2.54. The number of carboxylic acid groups (broad SMARTS) is 1. The molecule has 1 aliphatic rings. The summed E-state index contributed by atoms with van der Waals surface area (Å²) < 4.78 is 0. The lowest BCUT2D eigenvalue weighted by atomic mass is 9.80. The fraction of sp³-hybridized carbons (Fsp3) is 0.857. The molecule has 0 saturated carbocycles. The van der Waals surface area contributed by atoms with Crippen LogP contribution in [0.5, 0.6) is 0 Å². The maximum absolute atomic E-state index is 12.1. The number of carboxylic acids is 1. The molecule has 1 rings (SSSR count). The second kappa shape index (κ2) is 5.72. The number of piperidine rings is 1. The zero-order chi connectivity index (χ0) is 14.0. The Kier molecular flexibility index (Phi) is 4.77. The van der Waals surface area contributed by atoms with Crippen molar-refractivity contribution in [2.75, 3.05) is 6.54 Å². The fourth-order valence-corrected chi connectivity index (χ4v) is 2.66. The molecule has 4 heteroatoms. The maximum Gasteiger partial charge on any atom is 0.308 e. The molecular formula is C14H25NO3. The second-order valence-corrected chi connectivity index (χ2v) is 6.05. The van der Waals surface area contributed by atoms with Crippen molar-refractivity contribution >= 4 is 11.9 Å². The summed E-state index contributed by atoms with van der Waals surface area (Å²) in [6.07, 6.45) is 0.353. The quantitative estimate of drug-likeness (QED) is 0.838. The van der Waals surface area contributed by atoms with Crippen molar-refractivity contribution in [1.29, 1.82) is 0 Å². The van der Waals surface area contributed by atoms with Crippen LogP contribution in [0.3, 0.4) is 0 Å². The molecule has 1 aliphatic heterocycles. The van der Waals surface area contributed by atoms with Gasteiger partial charge in [0.2, 0.25) is 5.91 Å². The predicted octanol–water partition coefficient (Wildman–Crippen LogP) is 2.24. The van der Waals surface area contributed by atoms with Crippen molar-refractivity contribution in [3.8, 4) is 0 Å². The van der Waals surface area contributed by atoms with Crippen LogP contribution in [0.4, 0.5) is 0 Å². The van der Waals surface area contributed by atoms with Gasteiger partial charge >= 0.3 is 5.97 Å². The van der Waals surface area contributed by atoms with E-state index >= 15 is 0 Å². The van der Waals surface area contributed by atoms with Crippen molar-refractivity contribution in [3.05, 3.63) is 0 Å². The normalized spacial score (nSPS) is 30.7. The molecular weight excluding hydrogens is 230 g/mol. The van der Waals surface area contributed by atoms with E-state index in [1.54, 1.807) is 4.90 Å². The molecule has 0 aliphatic carbocycles. The highest BCUT2D eigenvalue weighted by Crippen LogP contribution is 2.31. The number of hydrogen-bond donors (Lipinski definition) is 1. The number of amides is 1. The Balaban J connectivity index is 2.83. The monoisotopic (exact) mass is 255 g/mol. The first kappa shape index (κ1) is 15.0. The second-order valence-electron chi connectivity index (χ2n) is 6.05. The Morgan fingerprint density at radius 1 is 1.39 bits per heavy atom. The summed E-state index contributed by atoms with van der Waals surface area (Å²) in [5.74, 6) is -0.325. The molecule has 1 saturated heterocycles. The molecule has 4 nitrogen and oxygen atoms in total. The molecule has 0 aromatic rings. The summed E-state index contributed by atoms with van der Waals surface area (Å²) in [5.41, 5.74) is 0. The molecule has 18 heavy (non-hydrogen) atoms. The molecule has 0 bridgehead atoms. The van der Waals surface area contributed by atoms with E-state index in [1.165, 1.54) is 0 Å². The minimum Gasteiger partial charge on any atom is -0.481 e. The van der Waals surface area contributed by atoms with Gasteiger partial charge in [-0.2, -0.15) is 0 Å². The van der Waals surface area contributed by atoms with E-state index in [9.17, 15) is 14.7 Å². The van der Waals surface area contributed by atoms with Crippen molar-refractivity contribution in [1.82, 2.24) is 4.90 Å². The molecule has 4 unspecified atom stereocenters. The molecule has 104 valence electrons. The van der Waals surface area contributed by atoms with Gasteiger partial charge in [0.1, 0.15) is 0 Å². The number of rotatable bonds is 4. The number of carbonyl (C=O) groups is 2. The van der Waals surface area contributed by atoms with Crippen LogP contribution in [0.2, 0.25) is 0 Å². The minimum absolute atomic E-state index is 0.0735. The van der Waals surface area contributed by atoms with Crippen LogP contribution in [-0.4, -0.2) is 34.5 Å². The molecule has 0 spiro atoms. The van der Waals surface area contributed by atoms with E-state index in [2.05, 4.69) is 20.8 Å². The van der Waals surface area contributed by atoms with Crippen LogP contribution in [0.15, 0.2) is 0 Å². The van der Waals surface area contributed by atoms with E-state index in [-0.39, 0.29) is 17.9 Å². The summed E-state index contributed by atoms with van der Waals surface area (Å²) in [7, 11) is 0. The Bertz CT molecular complexity index is 327. The molecule has 4 atom stereocenters. The number of hydrogen-bond acceptors (Lipinski definition) is 2. The van der Waals surface area contributed by atoms with E-state index in [0.717, 1.165) is 0 Å². The Morgan fingerprint density at radius 3 is 2.39 bits per heavy atom. The fourth-order valence-electron chi connectivity index (χ4n) is 2.66. The van der Waals surface area contributed by atoms with Crippen LogP contribution < -0.4 is 0 Å². The SMILES string of the molecule is CC(C)C(C)CN1C(=O)CC(C)C(C(=O)O)C1C. The number of aliphatic carboxylic acids is 1. The first-order valence-electron chi connectivity index (χ1n) is 6.78. The van der Waals surface area contributed by atoms with Gasteiger partial charge in [0, 0.05) is 19.0 Å². The average Bonchev–Trinajstić information content (AvgIpc) is 2.22. The zero-order valence-electron chi connectivity index (χ0n) is 12.0. The predicted molar refractivity (Wildman–Crippen MR) is 70.1 cm³/mol. The van der Waals surface area contributed by atoms with Crippen molar-refractivity contribution in [2.45, 2.75) is 47.1 Å². The minimum atomic E-state index is -0.787. The smallest absolute Gasteiger partial charge is 0.308 e. The summed E-state index contributed by atoms with van der Waals surface area (Å²) in [6, 6.07) is -0.208. The topological polar surface area (TPSA) is 57.6 Å².